The van der Waals surface area contributed by atoms with E-state index in [-0.39, 0.29) is 18.3 Å². The normalized spacial score (nSPS) is 11.6. The number of carbonyl (C=O) groups is 2. The predicted molar refractivity (Wildman–Crippen MR) is 79.1 cm³/mol. The van der Waals surface area contributed by atoms with Crippen LogP contribution in [0.2, 0.25) is 0 Å². The van der Waals surface area contributed by atoms with Gasteiger partial charge in [-0.05, 0) is 36.6 Å². The molecule has 21 heavy (non-hydrogen) atoms. The smallest absolute Gasteiger partial charge is 0.311 e. The standard InChI is InChI=1S/C16H20FNO3/c1-3-16(4-2,15(20)21)11-18-14(19)10-7-12-5-8-13(17)9-6-12/h5-10H,3-4,11H2,1-2H3,(H,18,19)(H,20,21)/b10-7+. The minimum atomic E-state index is -0.931. The van der Waals surface area contributed by atoms with Crippen molar-refractivity contribution in [3.05, 3.63) is 41.7 Å². The van der Waals surface area contributed by atoms with Gasteiger partial charge in [-0.3, -0.25) is 9.59 Å². The van der Waals surface area contributed by atoms with Crippen molar-refractivity contribution in [1.29, 1.82) is 0 Å². The molecule has 0 bridgehead atoms. The summed E-state index contributed by atoms with van der Waals surface area (Å²) in [5.74, 6) is -1.61. The molecule has 0 unspecified atom stereocenters. The van der Waals surface area contributed by atoms with Crippen LogP contribution in [0.15, 0.2) is 30.3 Å². The number of carboxylic acids is 1. The largest absolute Gasteiger partial charge is 0.481 e. The summed E-state index contributed by atoms with van der Waals surface area (Å²) in [5.41, 5.74) is -0.235. The number of halogens is 1. The van der Waals surface area contributed by atoms with E-state index in [2.05, 4.69) is 5.32 Å². The Labute approximate surface area is 123 Å². The van der Waals surface area contributed by atoms with Crippen LogP contribution in [-0.4, -0.2) is 23.5 Å². The van der Waals surface area contributed by atoms with Crippen molar-refractivity contribution in [3.8, 4) is 0 Å². The van der Waals surface area contributed by atoms with E-state index in [9.17, 15) is 19.1 Å². The molecule has 0 heterocycles. The summed E-state index contributed by atoms with van der Waals surface area (Å²) in [6.45, 7) is 3.66. The second-order valence-corrected chi connectivity index (χ2v) is 4.90. The van der Waals surface area contributed by atoms with Gasteiger partial charge in [0.1, 0.15) is 5.82 Å². The average molecular weight is 293 g/mol. The molecular formula is C16H20FNO3. The Morgan fingerprint density at radius 3 is 2.29 bits per heavy atom. The fraction of sp³-hybridized carbons (Fsp3) is 0.375. The summed E-state index contributed by atoms with van der Waals surface area (Å²) in [5, 5.41) is 11.9. The molecule has 1 aromatic rings. The van der Waals surface area contributed by atoms with E-state index in [0.717, 1.165) is 0 Å². The van der Waals surface area contributed by atoms with Crippen LogP contribution in [0.4, 0.5) is 4.39 Å². The van der Waals surface area contributed by atoms with Crippen molar-refractivity contribution in [2.45, 2.75) is 26.7 Å². The lowest BCUT2D eigenvalue weighted by Crippen LogP contribution is -2.41. The van der Waals surface area contributed by atoms with Crippen molar-refractivity contribution < 1.29 is 19.1 Å². The lowest BCUT2D eigenvalue weighted by Gasteiger charge is -2.26. The van der Waals surface area contributed by atoms with E-state index >= 15 is 0 Å². The first kappa shape index (κ1) is 16.9. The van der Waals surface area contributed by atoms with Crippen molar-refractivity contribution >= 4 is 18.0 Å². The zero-order chi connectivity index (χ0) is 15.9. The predicted octanol–water partition coefficient (Wildman–Crippen LogP) is 2.85. The summed E-state index contributed by atoms with van der Waals surface area (Å²) in [6, 6.07) is 5.72. The van der Waals surface area contributed by atoms with E-state index in [1.165, 1.54) is 18.2 Å². The molecule has 1 rings (SSSR count). The maximum Gasteiger partial charge on any atom is 0.311 e. The Balaban J connectivity index is 2.61. The summed E-state index contributed by atoms with van der Waals surface area (Å²) in [6.07, 6.45) is 3.75. The van der Waals surface area contributed by atoms with Crippen LogP contribution < -0.4 is 5.32 Å². The summed E-state index contributed by atoms with van der Waals surface area (Å²) < 4.78 is 12.7. The number of carbonyl (C=O) groups excluding carboxylic acids is 1. The van der Waals surface area contributed by atoms with Gasteiger partial charge in [0, 0.05) is 12.6 Å². The SMILES string of the molecule is CCC(CC)(CNC(=O)/C=C/c1ccc(F)cc1)C(=O)O. The van der Waals surface area contributed by atoms with Gasteiger partial charge in [-0.25, -0.2) is 4.39 Å². The Bertz CT molecular complexity index is 519. The minimum Gasteiger partial charge on any atom is -0.481 e. The van der Waals surface area contributed by atoms with Gasteiger partial charge in [0.05, 0.1) is 5.41 Å². The first-order valence-electron chi connectivity index (χ1n) is 6.88. The van der Waals surface area contributed by atoms with Gasteiger partial charge in [-0.15, -0.1) is 0 Å². The molecule has 0 atom stereocenters. The highest BCUT2D eigenvalue weighted by Crippen LogP contribution is 2.25. The van der Waals surface area contributed by atoms with Gasteiger partial charge in [0.2, 0.25) is 5.91 Å². The Kier molecular flexibility index (Phi) is 6.09. The maximum absolute atomic E-state index is 12.7. The van der Waals surface area contributed by atoms with Crippen LogP contribution in [0.25, 0.3) is 6.08 Å². The van der Waals surface area contributed by atoms with Crippen molar-refractivity contribution in [2.24, 2.45) is 5.41 Å². The zero-order valence-electron chi connectivity index (χ0n) is 12.2. The van der Waals surface area contributed by atoms with E-state index in [1.54, 1.807) is 32.1 Å². The number of aliphatic carboxylic acids is 1. The lowest BCUT2D eigenvalue weighted by molar-refractivity contribution is -0.149. The first-order valence-corrected chi connectivity index (χ1v) is 6.88. The molecule has 0 aliphatic heterocycles. The van der Waals surface area contributed by atoms with Crippen LogP contribution in [0.3, 0.4) is 0 Å². The molecule has 0 saturated carbocycles. The number of hydrogen-bond donors (Lipinski definition) is 2. The number of hydrogen-bond acceptors (Lipinski definition) is 2. The molecule has 0 aliphatic rings. The monoisotopic (exact) mass is 293 g/mol. The third kappa shape index (κ3) is 4.70. The van der Waals surface area contributed by atoms with Gasteiger partial charge in [-0.2, -0.15) is 0 Å². The molecule has 1 amide bonds. The molecule has 0 aromatic heterocycles. The second kappa shape index (κ2) is 7.57. The van der Waals surface area contributed by atoms with Crippen LogP contribution >= 0.6 is 0 Å². The first-order chi connectivity index (χ1) is 9.93. The van der Waals surface area contributed by atoms with Crippen molar-refractivity contribution in [3.63, 3.8) is 0 Å². The minimum absolute atomic E-state index is 0.0852. The highest BCUT2D eigenvalue weighted by molar-refractivity contribution is 5.92. The molecule has 1 aromatic carbocycles. The average Bonchev–Trinajstić information content (AvgIpc) is 2.48. The molecule has 5 heteroatoms. The molecule has 0 radical (unpaired) electrons. The maximum atomic E-state index is 12.7. The molecule has 0 fully saturated rings. The lowest BCUT2D eigenvalue weighted by atomic mass is 9.82. The van der Waals surface area contributed by atoms with Gasteiger partial charge in [0.15, 0.2) is 0 Å². The molecule has 114 valence electrons. The fourth-order valence-electron chi connectivity index (χ4n) is 1.94. The molecule has 0 saturated heterocycles. The van der Waals surface area contributed by atoms with E-state index < -0.39 is 11.4 Å². The number of nitrogens with one attached hydrogen (secondary N) is 1. The van der Waals surface area contributed by atoms with Gasteiger partial charge in [-0.1, -0.05) is 26.0 Å². The Morgan fingerprint density at radius 1 is 1.24 bits per heavy atom. The van der Waals surface area contributed by atoms with E-state index in [4.69, 9.17) is 0 Å². The van der Waals surface area contributed by atoms with Crippen LogP contribution in [0.5, 0.6) is 0 Å². The van der Waals surface area contributed by atoms with E-state index in [0.29, 0.717) is 18.4 Å². The molecule has 2 N–H and O–H groups in total. The second-order valence-electron chi connectivity index (χ2n) is 4.90. The highest BCUT2D eigenvalue weighted by Gasteiger charge is 2.34. The van der Waals surface area contributed by atoms with Crippen LogP contribution in [0.1, 0.15) is 32.3 Å². The van der Waals surface area contributed by atoms with Crippen molar-refractivity contribution in [2.75, 3.05) is 6.54 Å². The summed E-state index contributed by atoms with van der Waals surface area (Å²) in [7, 11) is 0. The number of amides is 1. The topological polar surface area (TPSA) is 66.4 Å². The Morgan fingerprint density at radius 2 is 1.81 bits per heavy atom. The summed E-state index contributed by atoms with van der Waals surface area (Å²) in [4.78, 5) is 23.0. The third-order valence-corrected chi connectivity index (χ3v) is 3.71. The van der Waals surface area contributed by atoms with Gasteiger partial charge in [0.25, 0.3) is 0 Å². The summed E-state index contributed by atoms with van der Waals surface area (Å²) >= 11 is 0. The van der Waals surface area contributed by atoms with Crippen LogP contribution in [-0.2, 0) is 9.59 Å². The van der Waals surface area contributed by atoms with Gasteiger partial charge < -0.3 is 10.4 Å². The quantitative estimate of drug-likeness (QED) is 0.760. The Hall–Kier alpha value is -2.17. The highest BCUT2D eigenvalue weighted by atomic mass is 19.1. The number of benzene rings is 1. The fourth-order valence-corrected chi connectivity index (χ4v) is 1.94. The van der Waals surface area contributed by atoms with Crippen LogP contribution in [0, 0.1) is 11.2 Å². The number of rotatable bonds is 7. The van der Waals surface area contributed by atoms with Crippen molar-refractivity contribution in [1.82, 2.24) is 5.32 Å². The molecule has 4 nitrogen and oxygen atoms in total. The number of carboxylic acid groups (broad SMARTS) is 1. The van der Waals surface area contributed by atoms with Gasteiger partial charge >= 0.3 is 5.97 Å². The molecule has 0 spiro atoms. The van der Waals surface area contributed by atoms with E-state index in [1.807, 2.05) is 0 Å². The third-order valence-electron chi connectivity index (χ3n) is 3.71. The molecular weight excluding hydrogens is 273 g/mol. The molecule has 0 aliphatic carbocycles. The zero-order valence-corrected chi connectivity index (χ0v) is 12.2.